The summed E-state index contributed by atoms with van der Waals surface area (Å²) in [4.78, 5) is 0. The standard InChI is InChI=1S/C10H7BrF3N5/c11-5-1-2-7(6(3-5)10(12,13)14)18-19-8(4-15)9(16)17/h1-3,18H,(H3,16,17)/b19-8+. The van der Waals surface area contributed by atoms with Crippen molar-refractivity contribution in [3.05, 3.63) is 28.2 Å². The zero-order chi connectivity index (χ0) is 14.6. The first-order chi connectivity index (χ1) is 8.75. The smallest absolute Gasteiger partial charge is 0.382 e. The number of anilines is 1. The minimum absolute atomic E-state index is 0.251. The fourth-order valence-corrected chi connectivity index (χ4v) is 1.47. The highest BCUT2D eigenvalue weighted by Crippen LogP contribution is 2.36. The van der Waals surface area contributed by atoms with E-state index in [0.29, 0.717) is 0 Å². The lowest BCUT2D eigenvalue weighted by atomic mass is 10.2. The topological polar surface area (TPSA) is 98.0 Å². The van der Waals surface area contributed by atoms with E-state index in [1.165, 1.54) is 12.1 Å². The molecular formula is C10H7BrF3N5. The molecule has 5 nitrogen and oxygen atoms in total. The molecule has 1 rings (SSSR count). The summed E-state index contributed by atoms with van der Waals surface area (Å²) in [5.41, 5.74) is 5.30. The van der Waals surface area contributed by atoms with Gasteiger partial charge in [0.1, 0.15) is 6.07 Å². The Balaban J connectivity index is 3.16. The summed E-state index contributed by atoms with van der Waals surface area (Å²) >= 11 is 2.94. The molecule has 1 aromatic carbocycles. The predicted octanol–water partition coefficient (Wildman–Crippen LogP) is 2.70. The number of hydrogen-bond acceptors (Lipinski definition) is 4. The maximum Gasteiger partial charge on any atom is 0.418 e. The fourth-order valence-electron chi connectivity index (χ4n) is 1.11. The molecular weight excluding hydrogens is 327 g/mol. The highest BCUT2D eigenvalue weighted by atomic mass is 79.9. The van der Waals surface area contributed by atoms with Gasteiger partial charge < -0.3 is 5.73 Å². The van der Waals surface area contributed by atoms with Gasteiger partial charge >= 0.3 is 6.18 Å². The molecule has 0 radical (unpaired) electrons. The van der Waals surface area contributed by atoms with Crippen LogP contribution in [0, 0.1) is 16.7 Å². The van der Waals surface area contributed by atoms with Crippen molar-refractivity contribution in [2.24, 2.45) is 10.8 Å². The summed E-state index contributed by atoms with van der Waals surface area (Å²) in [6.45, 7) is 0. The fraction of sp³-hybridized carbons (Fsp3) is 0.100. The van der Waals surface area contributed by atoms with Crippen LogP contribution in [0.4, 0.5) is 18.9 Å². The molecule has 0 aliphatic carbocycles. The first-order valence-corrected chi connectivity index (χ1v) is 5.50. The van der Waals surface area contributed by atoms with Gasteiger partial charge in [-0.3, -0.25) is 10.8 Å². The van der Waals surface area contributed by atoms with Gasteiger partial charge in [0, 0.05) is 4.47 Å². The van der Waals surface area contributed by atoms with Crippen molar-refractivity contribution in [3.8, 4) is 6.07 Å². The molecule has 0 spiro atoms. The molecule has 0 bridgehead atoms. The third kappa shape index (κ3) is 3.96. The molecule has 0 amide bonds. The van der Waals surface area contributed by atoms with E-state index in [1.54, 1.807) is 0 Å². The first-order valence-electron chi connectivity index (χ1n) is 4.70. The number of hydrogen-bond donors (Lipinski definition) is 3. The van der Waals surface area contributed by atoms with Crippen molar-refractivity contribution in [3.63, 3.8) is 0 Å². The average Bonchev–Trinajstić information content (AvgIpc) is 2.29. The number of benzene rings is 1. The normalized spacial score (nSPS) is 11.8. The van der Waals surface area contributed by atoms with Crippen molar-refractivity contribution < 1.29 is 13.2 Å². The maximum absolute atomic E-state index is 12.8. The van der Waals surface area contributed by atoms with E-state index >= 15 is 0 Å². The van der Waals surface area contributed by atoms with Gasteiger partial charge in [0.2, 0.25) is 5.71 Å². The number of alkyl halides is 3. The number of hydrazone groups is 1. The summed E-state index contributed by atoms with van der Waals surface area (Å²) in [6.07, 6.45) is -4.58. The van der Waals surface area contributed by atoms with E-state index in [1.807, 2.05) is 0 Å². The Morgan fingerprint density at radius 3 is 2.58 bits per heavy atom. The van der Waals surface area contributed by atoms with Gasteiger partial charge in [-0.15, -0.1) is 0 Å². The van der Waals surface area contributed by atoms with Crippen LogP contribution in [0.3, 0.4) is 0 Å². The molecule has 0 aromatic heterocycles. The van der Waals surface area contributed by atoms with E-state index in [-0.39, 0.29) is 10.2 Å². The van der Waals surface area contributed by atoms with Gasteiger partial charge in [0.15, 0.2) is 5.84 Å². The van der Waals surface area contributed by atoms with Crippen molar-refractivity contribution in [2.45, 2.75) is 6.18 Å². The predicted molar refractivity (Wildman–Crippen MR) is 67.7 cm³/mol. The number of nitriles is 1. The second-order valence-electron chi connectivity index (χ2n) is 3.29. The minimum Gasteiger partial charge on any atom is -0.382 e. The Kier molecular flexibility index (Phi) is 4.50. The molecule has 4 N–H and O–H groups in total. The van der Waals surface area contributed by atoms with Gasteiger partial charge in [-0.2, -0.15) is 23.5 Å². The highest BCUT2D eigenvalue weighted by molar-refractivity contribution is 9.10. The van der Waals surface area contributed by atoms with Crippen LogP contribution in [-0.2, 0) is 6.18 Å². The molecule has 0 atom stereocenters. The van der Waals surface area contributed by atoms with Crippen LogP contribution in [0.5, 0.6) is 0 Å². The molecule has 100 valence electrons. The maximum atomic E-state index is 12.8. The zero-order valence-corrected chi connectivity index (χ0v) is 10.8. The van der Waals surface area contributed by atoms with Crippen LogP contribution in [0.2, 0.25) is 0 Å². The molecule has 0 unspecified atom stereocenters. The molecule has 0 saturated heterocycles. The summed E-state index contributed by atoms with van der Waals surface area (Å²) in [5.74, 6) is -0.638. The van der Waals surface area contributed by atoms with Crippen molar-refractivity contribution >= 4 is 33.2 Å². The Morgan fingerprint density at radius 1 is 1.47 bits per heavy atom. The van der Waals surface area contributed by atoms with Gasteiger partial charge in [-0.25, -0.2) is 0 Å². The Morgan fingerprint density at radius 2 is 2.11 bits per heavy atom. The van der Waals surface area contributed by atoms with Gasteiger partial charge in [0.05, 0.1) is 11.3 Å². The largest absolute Gasteiger partial charge is 0.418 e. The van der Waals surface area contributed by atoms with Crippen LogP contribution in [-0.4, -0.2) is 11.5 Å². The summed E-state index contributed by atoms with van der Waals surface area (Å²) < 4.78 is 38.5. The van der Waals surface area contributed by atoms with Crippen LogP contribution >= 0.6 is 15.9 Å². The molecule has 0 aliphatic rings. The number of nitrogens with two attached hydrogens (primary N) is 1. The Labute approximate surface area is 114 Å². The molecule has 0 saturated carbocycles. The number of nitrogens with zero attached hydrogens (tertiary/aromatic N) is 2. The second kappa shape index (κ2) is 5.71. The van der Waals surface area contributed by atoms with Gasteiger partial charge in [-0.05, 0) is 18.2 Å². The minimum atomic E-state index is -4.58. The number of halogens is 4. The van der Waals surface area contributed by atoms with E-state index < -0.39 is 23.3 Å². The van der Waals surface area contributed by atoms with E-state index in [4.69, 9.17) is 16.4 Å². The molecule has 0 aliphatic heterocycles. The zero-order valence-electron chi connectivity index (χ0n) is 9.22. The molecule has 1 aromatic rings. The SMILES string of the molecule is N#C/C(=N\Nc1ccc(Br)cc1C(F)(F)F)C(=N)N. The number of nitrogens with one attached hydrogen (secondary N) is 2. The van der Waals surface area contributed by atoms with Crippen molar-refractivity contribution in [1.29, 1.82) is 10.7 Å². The monoisotopic (exact) mass is 333 g/mol. The average molecular weight is 334 g/mol. The lowest BCUT2D eigenvalue weighted by Gasteiger charge is -2.12. The van der Waals surface area contributed by atoms with Crippen LogP contribution in [0.1, 0.15) is 5.56 Å². The van der Waals surface area contributed by atoms with Crippen molar-refractivity contribution in [2.75, 3.05) is 5.43 Å². The van der Waals surface area contributed by atoms with E-state index in [2.05, 4.69) is 26.5 Å². The van der Waals surface area contributed by atoms with Crippen LogP contribution < -0.4 is 11.2 Å². The van der Waals surface area contributed by atoms with Gasteiger partial charge in [-0.1, -0.05) is 15.9 Å². The van der Waals surface area contributed by atoms with E-state index in [9.17, 15) is 13.2 Å². The lowest BCUT2D eigenvalue weighted by Crippen LogP contribution is -2.22. The van der Waals surface area contributed by atoms with Crippen molar-refractivity contribution in [1.82, 2.24) is 0 Å². The van der Waals surface area contributed by atoms with E-state index in [0.717, 1.165) is 12.1 Å². The number of amidine groups is 1. The van der Waals surface area contributed by atoms with Gasteiger partial charge in [0.25, 0.3) is 0 Å². The lowest BCUT2D eigenvalue weighted by molar-refractivity contribution is -0.137. The quantitative estimate of drug-likeness (QED) is 0.450. The molecule has 0 heterocycles. The number of rotatable bonds is 3. The third-order valence-corrected chi connectivity index (χ3v) is 2.43. The van der Waals surface area contributed by atoms with Crippen LogP contribution in [0.15, 0.2) is 27.8 Å². The Bertz CT molecular complexity index is 574. The molecule has 0 fully saturated rings. The summed E-state index contributed by atoms with van der Waals surface area (Å²) in [6, 6.07) is 4.89. The third-order valence-electron chi connectivity index (χ3n) is 1.94. The summed E-state index contributed by atoms with van der Waals surface area (Å²) in [7, 11) is 0. The molecule has 19 heavy (non-hydrogen) atoms. The summed E-state index contributed by atoms with van der Waals surface area (Å²) in [5, 5.41) is 18.9. The second-order valence-corrected chi connectivity index (χ2v) is 4.20. The first kappa shape index (κ1) is 15.0. The van der Waals surface area contributed by atoms with Crippen LogP contribution in [0.25, 0.3) is 0 Å². The Hall–Kier alpha value is -2.08. The molecule has 9 heteroatoms. The highest BCUT2D eigenvalue weighted by Gasteiger charge is 2.33.